The standard InChI is InChI=1S/C21H16ClF3N6O/c1-13-8-19(31(29-13)18-9-16(21(23,24)25)6-7-17(18)22)28-20(32)15-4-2-14(3-5-15)10-30-12-26-11-27-30/h2-9,11-12H,10H2,1H3,(H,28,32). The lowest BCUT2D eigenvalue weighted by Gasteiger charge is -2.13. The second kappa shape index (κ2) is 8.46. The lowest BCUT2D eigenvalue weighted by molar-refractivity contribution is -0.137. The van der Waals surface area contributed by atoms with Crippen LogP contribution in [0.1, 0.15) is 27.2 Å². The molecule has 0 aliphatic heterocycles. The van der Waals surface area contributed by atoms with Crippen LogP contribution >= 0.6 is 11.6 Å². The third-order valence-electron chi connectivity index (χ3n) is 4.60. The maximum atomic E-state index is 13.2. The fraction of sp³-hybridized carbons (Fsp3) is 0.143. The van der Waals surface area contributed by atoms with Crippen LogP contribution in [0.25, 0.3) is 5.69 Å². The van der Waals surface area contributed by atoms with Gasteiger partial charge in [-0.15, -0.1) is 0 Å². The number of rotatable bonds is 5. The second-order valence-corrected chi connectivity index (χ2v) is 7.40. The fourth-order valence-electron chi connectivity index (χ4n) is 3.07. The zero-order valence-electron chi connectivity index (χ0n) is 16.6. The van der Waals surface area contributed by atoms with Gasteiger partial charge in [-0.05, 0) is 42.8 Å². The second-order valence-electron chi connectivity index (χ2n) is 6.99. The van der Waals surface area contributed by atoms with Gasteiger partial charge in [-0.25, -0.2) is 14.3 Å². The Morgan fingerprint density at radius 3 is 2.53 bits per heavy atom. The SMILES string of the molecule is Cc1cc(NC(=O)c2ccc(Cn3cncn3)cc2)n(-c2cc(C(F)(F)F)ccc2Cl)n1. The van der Waals surface area contributed by atoms with Gasteiger partial charge in [0.25, 0.3) is 5.91 Å². The lowest BCUT2D eigenvalue weighted by atomic mass is 10.1. The van der Waals surface area contributed by atoms with Crippen LogP contribution in [0.5, 0.6) is 0 Å². The zero-order chi connectivity index (χ0) is 22.9. The number of hydrogen-bond acceptors (Lipinski definition) is 4. The number of nitrogens with one attached hydrogen (secondary N) is 1. The summed E-state index contributed by atoms with van der Waals surface area (Å²) in [6, 6.07) is 11.3. The van der Waals surface area contributed by atoms with E-state index >= 15 is 0 Å². The van der Waals surface area contributed by atoms with E-state index in [9.17, 15) is 18.0 Å². The van der Waals surface area contributed by atoms with Gasteiger partial charge in [-0.2, -0.15) is 23.4 Å². The summed E-state index contributed by atoms with van der Waals surface area (Å²) < 4.78 is 42.3. The van der Waals surface area contributed by atoms with E-state index in [1.807, 2.05) is 0 Å². The van der Waals surface area contributed by atoms with Gasteiger partial charge in [0.15, 0.2) is 0 Å². The third kappa shape index (κ3) is 4.65. The van der Waals surface area contributed by atoms with Crippen molar-refractivity contribution in [1.82, 2.24) is 24.5 Å². The Bertz CT molecular complexity index is 1250. The first-order chi connectivity index (χ1) is 15.2. The van der Waals surface area contributed by atoms with Gasteiger partial charge in [-0.3, -0.25) is 4.79 Å². The number of carbonyl (C=O) groups excluding carboxylic acids is 1. The molecule has 32 heavy (non-hydrogen) atoms. The molecule has 2 aromatic carbocycles. The molecule has 4 rings (SSSR count). The van der Waals surface area contributed by atoms with Crippen molar-refractivity contribution in [2.24, 2.45) is 0 Å². The van der Waals surface area contributed by atoms with Crippen LogP contribution in [0.4, 0.5) is 19.0 Å². The third-order valence-corrected chi connectivity index (χ3v) is 4.92. The molecule has 0 saturated heterocycles. The predicted molar refractivity (Wildman–Crippen MR) is 112 cm³/mol. The van der Waals surface area contributed by atoms with Crippen LogP contribution in [-0.2, 0) is 12.7 Å². The number of aryl methyl sites for hydroxylation is 1. The summed E-state index contributed by atoms with van der Waals surface area (Å²) in [6.45, 7) is 2.16. The van der Waals surface area contributed by atoms with Crippen molar-refractivity contribution < 1.29 is 18.0 Å². The van der Waals surface area contributed by atoms with Crippen molar-refractivity contribution in [1.29, 1.82) is 0 Å². The predicted octanol–water partition coefficient (Wildman–Crippen LogP) is 4.75. The molecule has 0 radical (unpaired) electrons. The minimum Gasteiger partial charge on any atom is -0.306 e. The van der Waals surface area contributed by atoms with Crippen molar-refractivity contribution in [3.05, 3.63) is 88.6 Å². The van der Waals surface area contributed by atoms with E-state index in [1.165, 1.54) is 11.0 Å². The first kappa shape index (κ1) is 21.6. The molecule has 164 valence electrons. The molecule has 0 aliphatic carbocycles. The van der Waals surface area contributed by atoms with Crippen molar-refractivity contribution in [3.8, 4) is 5.69 Å². The summed E-state index contributed by atoms with van der Waals surface area (Å²) in [4.78, 5) is 16.6. The van der Waals surface area contributed by atoms with Gasteiger partial charge in [0.2, 0.25) is 0 Å². The quantitative estimate of drug-likeness (QED) is 0.466. The normalized spacial score (nSPS) is 11.5. The van der Waals surface area contributed by atoms with Crippen LogP contribution in [0, 0.1) is 6.92 Å². The van der Waals surface area contributed by atoms with Crippen molar-refractivity contribution in [2.45, 2.75) is 19.6 Å². The molecule has 1 N–H and O–H groups in total. The molecule has 0 aliphatic rings. The van der Waals surface area contributed by atoms with E-state index in [0.717, 1.165) is 23.8 Å². The molecular weight excluding hydrogens is 445 g/mol. The molecule has 4 aromatic rings. The minimum atomic E-state index is -4.54. The highest BCUT2D eigenvalue weighted by Gasteiger charge is 2.31. The van der Waals surface area contributed by atoms with Crippen LogP contribution in [-0.4, -0.2) is 30.5 Å². The maximum absolute atomic E-state index is 13.2. The number of halogens is 4. The van der Waals surface area contributed by atoms with E-state index in [1.54, 1.807) is 48.3 Å². The summed E-state index contributed by atoms with van der Waals surface area (Å²) in [5, 5.41) is 11.0. The number of alkyl halides is 3. The van der Waals surface area contributed by atoms with Crippen molar-refractivity contribution in [2.75, 3.05) is 5.32 Å². The Labute approximate surface area is 185 Å². The van der Waals surface area contributed by atoms with Crippen LogP contribution in [0.2, 0.25) is 5.02 Å². The average Bonchev–Trinajstić information content (AvgIpc) is 3.37. The van der Waals surface area contributed by atoms with Crippen molar-refractivity contribution in [3.63, 3.8) is 0 Å². The Hall–Kier alpha value is -3.66. The molecule has 0 atom stereocenters. The number of anilines is 1. The number of aromatic nitrogens is 5. The number of carbonyl (C=O) groups is 1. The minimum absolute atomic E-state index is 0.00747. The fourth-order valence-corrected chi connectivity index (χ4v) is 3.27. The number of hydrogen-bond donors (Lipinski definition) is 1. The van der Waals surface area contributed by atoms with E-state index in [-0.39, 0.29) is 16.5 Å². The van der Waals surface area contributed by atoms with E-state index in [0.29, 0.717) is 17.8 Å². The van der Waals surface area contributed by atoms with E-state index in [2.05, 4.69) is 20.5 Å². The summed E-state index contributed by atoms with van der Waals surface area (Å²) in [5.41, 5.74) is 0.923. The Morgan fingerprint density at radius 1 is 1.12 bits per heavy atom. The van der Waals surface area contributed by atoms with Crippen LogP contribution in [0.3, 0.4) is 0 Å². The Morgan fingerprint density at radius 2 is 1.88 bits per heavy atom. The summed E-state index contributed by atoms with van der Waals surface area (Å²) in [7, 11) is 0. The lowest BCUT2D eigenvalue weighted by Crippen LogP contribution is -2.16. The van der Waals surface area contributed by atoms with Gasteiger partial charge >= 0.3 is 6.18 Å². The molecule has 2 aromatic heterocycles. The molecule has 11 heteroatoms. The van der Waals surface area contributed by atoms with Gasteiger partial charge in [0.1, 0.15) is 18.5 Å². The largest absolute Gasteiger partial charge is 0.416 e. The highest BCUT2D eigenvalue weighted by molar-refractivity contribution is 6.32. The summed E-state index contributed by atoms with van der Waals surface area (Å²) >= 11 is 6.14. The highest BCUT2D eigenvalue weighted by Crippen LogP contribution is 2.34. The number of benzene rings is 2. The Kier molecular flexibility index (Phi) is 5.70. The summed E-state index contributed by atoms with van der Waals surface area (Å²) in [5.74, 6) is -0.248. The maximum Gasteiger partial charge on any atom is 0.416 e. The van der Waals surface area contributed by atoms with Gasteiger partial charge in [0.05, 0.1) is 28.5 Å². The molecular formula is C21H16ClF3N6O. The van der Waals surface area contributed by atoms with E-state index < -0.39 is 17.6 Å². The molecule has 7 nitrogen and oxygen atoms in total. The van der Waals surface area contributed by atoms with Crippen molar-refractivity contribution >= 4 is 23.3 Å². The Balaban J connectivity index is 1.58. The zero-order valence-corrected chi connectivity index (χ0v) is 17.4. The molecule has 0 saturated carbocycles. The number of amides is 1. The van der Waals surface area contributed by atoms with Gasteiger partial charge in [0, 0.05) is 11.6 Å². The van der Waals surface area contributed by atoms with Gasteiger partial charge < -0.3 is 5.32 Å². The monoisotopic (exact) mass is 460 g/mol. The highest BCUT2D eigenvalue weighted by atomic mass is 35.5. The molecule has 1 amide bonds. The molecule has 0 unspecified atom stereocenters. The molecule has 2 heterocycles. The first-order valence-corrected chi connectivity index (χ1v) is 9.75. The number of nitrogens with zero attached hydrogens (tertiary/aromatic N) is 5. The van der Waals surface area contributed by atoms with Crippen LogP contribution in [0.15, 0.2) is 61.2 Å². The topological polar surface area (TPSA) is 77.6 Å². The smallest absolute Gasteiger partial charge is 0.306 e. The average molecular weight is 461 g/mol. The molecule has 0 bridgehead atoms. The van der Waals surface area contributed by atoms with E-state index in [4.69, 9.17) is 11.6 Å². The van der Waals surface area contributed by atoms with Crippen LogP contribution < -0.4 is 5.32 Å². The molecule has 0 fully saturated rings. The summed E-state index contributed by atoms with van der Waals surface area (Å²) in [6.07, 6.45) is -1.52. The molecule has 0 spiro atoms. The first-order valence-electron chi connectivity index (χ1n) is 9.37. The van der Waals surface area contributed by atoms with Gasteiger partial charge in [-0.1, -0.05) is 23.7 Å².